The van der Waals surface area contributed by atoms with E-state index in [0.717, 1.165) is 0 Å². The lowest BCUT2D eigenvalue weighted by Crippen LogP contribution is -2.23. The number of allylic oxidation sites excluding steroid dienone is 4. The highest BCUT2D eigenvalue weighted by molar-refractivity contribution is 6.76. The van der Waals surface area contributed by atoms with Gasteiger partial charge in [0.05, 0.1) is 0 Å². The average molecular weight is 180 g/mol. The molecule has 68 valence electrons. The molecule has 0 unspecified atom stereocenters. The van der Waals surface area contributed by atoms with E-state index in [1.807, 2.05) is 0 Å². The van der Waals surface area contributed by atoms with Crippen molar-refractivity contribution in [3.05, 3.63) is 23.8 Å². The van der Waals surface area contributed by atoms with Crippen LogP contribution in [0.4, 0.5) is 0 Å². The van der Waals surface area contributed by atoms with E-state index in [1.54, 1.807) is 5.57 Å². The van der Waals surface area contributed by atoms with Gasteiger partial charge in [-0.1, -0.05) is 57.3 Å². The summed E-state index contributed by atoms with van der Waals surface area (Å²) in [5.74, 6) is 0. The van der Waals surface area contributed by atoms with Crippen LogP contribution in [0.5, 0.6) is 0 Å². The van der Waals surface area contributed by atoms with E-state index in [-0.39, 0.29) is 0 Å². The van der Waals surface area contributed by atoms with E-state index in [2.05, 4.69) is 51.7 Å². The van der Waals surface area contributed by atoms with E-state index < -0.39 is 8.07 Å². The Morgan fingerprint density at radius 1 is 1.25 bits per heavy atom. The Labute approximate surface area is 77.4 Å². The molecule has 0 aromatic carbocycles. The van der Waals surface area contributed by atoms with E-state index in [1.165, 1.54) is 6.04 Å². The second kappa shape index (κ2) is 2.88. The number of hydrogen-bond acceptors (Lipinski definition) is 0. The highest BCUT2D eigenvalue weighted by Gasteiger charge is 2.27. The van der Waals surface area contributed by atoms with E-state index >= 15 is 0 Å². The maximum atomic E-state index is 2.43. The van der Waals surface area contributed by atoms with Crippen molar-refractivity contribution in [2.24, 2.45) is 5.41 Å². The van der Waals surface area contributed by atoms with Crippen molar-refractivity contribution in [1.82, 2.24) is 0 Å². The fraction of sp³-hybridized carbons (Fsp3) is 0.636. The quantitative estimate of drug-likeness (QED) is 0.566. The monoisotopic (exact) mass is 180 g/mol. The molecule has 0 N–H and O–H groups in total. The van der Waals surface area contributed by atoms with Gasteiger partial charge in [-0.2, -0.15) is 0 Å². The van der Waals surface area contributed by atoms with Gasteiger partial charge in [-0.25, -0.2) is 0 Å². The predicted octanol–water partition coefficient (Wildman–Crippen LogP) is 3.85. The summed E-state index contributed by atoms with van der Waals surface area (Å²) in [7, 11) is -0.919. The summed E-state index contributed by atoms with van der Waals surface area (Å²) in [5, 5.41) is 0. The Balaban J connectivity index is 2.69. The highest BCUT2D eigenvalue weighted by Crippen LogP contribution is 2.37. The van der Waals surface area contributed by atoms with Crippen LogP contribution < -0.4 is 0 Å². The van der Waals surface area contributed by atoms with Crippen LogP contribution in [-0.4, -0.2) is 8.07 Å². The highest BCUT2D eigenvalue weighted by atomic mass is 28.3. The molecule has 0 heterocycles. The molecule has 0 atom stereocenters. The molecule has 0 saturated heterocycles. The van der Waals surface area contributed by atoms with Crippen LogP contribution in [0.25, 0.3) is 0 Å². The summed E-state index contributed by atoms with van der Waals surface area (Å²) in [4.78, 5) is 0. The maximum absolute atomic E-state index is 2.43. The fourth-order valence-electron chi connectivity index (χ4n) is 1.58. The Bertz CT molecular complexity index is 226. The summed E-state index contributed by atoms with van der Waals surface area (Å²) < 4.78 is 0. The molecule has 0 spiro atoms. The Kier molecular flexibility index (Phi) is 2.35. The third-order valence-corrected chi connectivity index (χ3v) is 3.80. The molecule has 0 aliphatic heterocycles. The van der Waals surface area contributed by atoms with Crippen molar-refractivity contribution >= 4 is 8.07 Å². The first-order valence-corrected chi connectivity index (χ1v) is 8.41. The van der Waals surface area contributed by atoms with Crippen LogP contribution in [0.1, 0.15) is 13.8 Å². The van der Waals surface area contributed by atoms with Crippen LogP contribution in [-0.2, 0) is 0 Å². The summed E-state index contributed by atoms with van der Waals surface area (Å²) in [6, 6.07) is 1.34. The third kappa shape index (κ3) is 2.34. The summed E-state index contributed by atoms with van der Waals surface area (Å²) >= 11 is 0. The minimum absolute atomic E-state index is 0.334. The molecule has 0 radical (unpaired) electrons. The van der Waals surface area contributed by atoms with E-state index in [9.17, 15) is 0 Å². The zero-order chi connectivity index (χ0) is 9.41. The minimum Gasteiger partial charge on any atom is -0.0748 e. The molecule has 0 bridgehead atoms. The molecule has 0 saturated carbocycles. The molecular weight excluding hydrogens is 160 g/mol. The lowest BCUT2D eigenvalue weighted by atomic mass is 9.89. The van der Waals surface area contributed by atoms with Gasteiger partial charge in [-0.15, -0.1) is 0 Å². The molecule has 0 nitrogen and oxygen atoms in total. The van der Waals surface area contributed by atoms with Crippen molar-refractivity contribution in [3.63, 3.8) is 0 Å². The number of hydrogen-bond donors (Lipinski definition) is 0. The second-order valence-corrected chi connectivity index (χ2v) is 11.0. The van der Waals surface area contributed by atoms with Gasteiger partial charge in [0.25, 0.3) is 0 Å². The molecule has 1 aliphatic carbocycles. The van der Waals surface area contributed by atoms with Gasteiger partial charge in [0.15, 0.2) is 0 Å². The number of rotatable bonds is 2. The summed E-state index contributed by atoms with van der Waals surface area (Å²) in [6.45, 7) is 11.9. The fourth-order valence-corrected chi connectivity index (χ4v) is 3.30. The first kappa shape index (κ1) is 9.78. The van der Waals surface area contributed by atoms with Crippen LogP contribution in [0.3, 0.4) is 0 Å². The topological polar surface area (TPSA) is 0 Å². The molecule has 0 aromatic rings. The first-order chi connectivity index (χ1) is 5.31. The molecule has 1 aliphatic rings. The van der Waals surface area contributed by atoms with E-state index in [4.69, 9.17) is 0 Å². The molecular formula is C11H20Si. The Morgan fingerprint density at radius 2 is 1.83 bits per heavy atom. The lowest BCUT2D eigenvalue weighted by molar-refractivity contribution is 0.589. The van der Waals surface area contributed by atoms with Crippen molar-refractivity contribution in [3.8, 4) is 0 Å². The zero-order valence-electron chi connectivity index (χ0n) is 8.94. The summed E-state index contributed by atoms with van der Waals surface area (Å²) in [6.07, 6.45) is 6.82. The first-order valence-electron chi connectivity index (χ1n) is 4.70. The maximum Gasteiger partial charge on any atom is 0.0483 e. The minimum atomic E-state index is -0.919. The van der Waals surface area contributed by atoms with Gasteiger partial charge >= 0.3 is 0 Å². The molecule has 0 aromatic heterocycles. The Morgan fingerprint density at radius 3 is 2.17 bits per heavy atom. The van der Waals surface area contributed by atoms with Crippen molar-refractivity contribution in [1.29, 1.82) is 0 Å². The van der Waals surface area contributed by atoms with Gasteiger partial charge in [0.1, 0.15) is 0 Å². The SMILES string of the molecule is CC1(C)C=CC=C1C[Si](C)(C)C. The normalized spacial score (nSPS) is 21.2. The van der Waals surface area contributed by atoms with Crippen molar-refractivity contribution in [2.45, 2.75) is 39.5 Å². The van der Waals surface area contributed by atoms with Crippen LogP contribution >= 0.6 is 0 Å². The molecule has 0 fully saturated rings. The molecule has 1 rings (SSSR count). The van der Waals surface area contributed by atoms with Crippen molar-refractivity contribution in [2.75, 3.05) is 0 Å². The second-order valence-electron chi connectivity index (χ2n) is 5.51. The van der Waals surface area contributed by atoms with Crippen LogP contribution in [0.2, 0.25) is 25.7 Å². The van der Waals surface area contributed by atoms with E-state index in [0.29, 0.717) is 5.41 Å². The third-order valence-electron chi connectivity index (χ3n) is 2.36. The lowest BCUT2D eigenvalue weighted by Gasteiger charge is -2.26. The van der Waals surface area contributed by atoms with Gasteiger partial charge in [0.2, 0.25) is 0 Å². The van der Waals surface area contributed by atoms with Gasteiger partial charge in [0, 0.05) is 13.5 Å². The van der Waals surface area contributed by atoms with Crippen LogP contribution in [0, 0.1) is 5.41 Å². The van der Waals surface area contributed by atoms with Gasteiger partial charge in [-0.05, 0) is 6.04 Å². The van der Waals surface area contributed by atoms with Gasteiger partial charge < -0.3 is 0 Å². The average Bonchev–Trinajstić information content (AvgIpc) is 2.07. The molecule has 0 amide bonds. The summed E-state index contributed by atoms with van der Waals surface area (Å²) in [5.41, 5.74) is 1.96. The zero-order valence-corrected chi connectivity index (χ0v) is 9.94. The Hall–Kier alpha value is -0.303. The van der Waals surface area contributed by atoms with Crippen LogP contribution in [0.15, 0.2) is 23.8 Å². The smallest absolute Gasteiger partial charge is 0.0483 e. The standard InChI is InChI=1S/C11H20Si/c1-11(2)8-6-7-10(11)9-12(3,4)5/h6-8H,9H2,1-5H3. The largest absolute Gasteiger partial charge is 0.0748 e. The van der Waals surface area contributed by atoms with Gasteiger partial charge in [-0.3, -0.25) is 0 Å². The van der Waals surface area contributed by atoms with Crippen molar-refractivity contribution < 1.29 is 0 Å². The predicted molar refractivity (Wildman–Crippen MR) is 59.2 cm³/mol. The molecule has 12 heavy (non-hydrogen) atoms. The molecule has 1 heteroatoms.